The van der Waals surface area contributed by atoms with Crippen molar-refractivity contribution in [2.75, 3.05) is 0 Å². The van der Waals surface area contributed by atoms with Crippen molar-refractivity contribution in [2.24, 2.45) is 5.73 Å². The molecule has 2 aromatic rings. The van der Waals surface area contributed by atoms with Crippen LogP contribution in [0.1, 0.15) is 5.56 Å². The van der Waals surface area contributed by atoms with Crippen molar-refractivity contribution in [1.29, 1.82) is 0 Å². The molecule has 4 heteroatoms. The summed E-state index contributed by atoms with van der Waals surface area (Å²) in [7, 11) is 0. The highest BCUT2D eigenvalue weighted by Crippen LogP contribution is 2.16. The molecule has 0 amide bonds. The third-order valence-corrected chi connectivity index (χ3v) is 2.34. The van der Waals surface area contributed by atoms with Gasteiger partial charge in [0.1, 0.15) is 0 Å². The number of nitrogens with one attached hydrogen (secondary N) is 1. The highest BCUT2D eigenvalue weighted by Gasteiger charge is 2.00. The van der Waals surface area contributed by atoms with E-state index in [1.165, 1.54) is 0 Å². The van der Waals surface area contributed by atoms with Crippen molar-refractivity contribution in [2.45, 2.75) is 6.54 Å². The molecule has 0 aliphatic carbocycles. The number of fused-ring (bicyclic) bond motifs is 1. The minimum atomic E-state index is -0.151. The van der Waals surface area contributed by atoms with Gasteiger partial charge in [-0.15, -0.1) is 0 Å². The quantitative estimate of drug-likeness (QED) is 0.749. The normalized spacial score (nSPS) is 10.7. The molecular formula is C10H9ClN2O. The lowest BCUT2D eigenvalue weighted by molar-refractivity contribution is 1.03. The Balaban J connectivity index is 2.79. The van der Waals surface area contributed by atoms with E-state index in [1.54, 1.807) is 18.2 Å². The van der Waals surface area contributed by atoms with Crippen LogP contribution in [0.3, 0.4) is 0 Å². The number of H-pyrrole nitrogens is 1. The summed E-state index contributed by atoms with van der Waals surface area (Å²) in [5.41, 5.74) is 6.59. The summed E-state index contributed by atoms with van der Waals surface area (Å²) in [6.07, 6.45) is 0. The number of hydrogen-bond acceptors (Lipinski definition) is 2. The largest absolute Gasteiger partial charge is 0.326 e. The van der Waals surface area contributed by atoms with Gasteiger partial charge in [-0.25, -0.2) is 0 Å². The van der Waals surface area contributed by atoms with Crippen LogP contribution >= 0.6 is 11.6 Å². The van der Waals surface area contributed by atoms with E-state index in [4.69, 9.17) is 17.3 Å². The average Bonchev–Trinajstić information content (AvgIpc) is 2.16. The summed E-state index contributed by atoms with van der Waals surface area (Å²) in [4.78, 5) is 14.1. The van der Waals surface area contributed by atoms with Crippen LogP contribution in [-0.4, -0.2) is 4.98 Å². The molecule has 0 unspecified atom stereocenters. The second-order valence-electron chi connectivity index (χ2n) is 3.06. The molecule has 0 radical (unpaired) electrons. The number of rotatable bonds is 1. The zero-order valence-corrected chi connectivity index (χ0v) is 8.14. The summed E-state index contributed by atoms with van der Waals surface area (Å²) in [5, 5.41) is 1.54. The van der Waals surface area contributed by atoms with Gasteiger partial charge in [-0.2, -0.15) is 0 Å². The Labute approximate surface area is 85.5 Å². The monoisotopic (exact) mass is 208 g/mol. The van der Waals surface area contributed by atoms with E-state index < -0.39 is 0 Å². The summed E-state index contributed by atoms with van der Waals surface area (Å²) in [6, 6.07) is 7.14. The van der Waals surface area contributed by atoms with Gasteiger partial charge in [0.25, 0.3) is 5.56 Å². The van der Waals surface area contributed by atoms with E-state index in [9.17, 15) is 4.79 Å². The molecule has 72 valence electrons. The fraction of sp³-hybridized carbons (Fsp3) is 0.100. The van der Waals surface area contributed by atoms with E-state index in [1.807, 2.05) is 6.07 Å². The molecule has 0 bridgehead atoms. The second kappa shape index (κ2) is 3.44. The molecule has 1 heterocycles. The van der Waals surface area contributed by atoms with Crippen molar-refractivity contribution in [3.05, 3.63) is 45.2 Å². The lowest BCUT2D eigenvalue weighted by Crippen LogP contribution is -2.15. The van der Waals surface area contributed by atoms with Crippen LogP contribution in [0, 0.1) is 0 Å². The van der Waals surface area contributed by atoms with E-state index in [0.717, 1.165) is 10.9 Å². The summed E-state index contributed by atoms with van der Waals surface area (Å²) < 4.78 is 0. The standard InChI is InChI=1S/C10H9ClN2O/c11-8-2-1-6-3-7(5-12)10(14)13-9(6)4-8/h1-4H,5,12H2,(H,13,14). The summed E-state index contributed by atoms with van der Waals surface area (Å²) in [6.45, 7) is 0.244. The predicted molar refractivity (Wildman–Crippen MR) is 57.5 cm³/mol. The third-order valence-electron chi connectivity index (χ3n) is 2.10. The van der Waals surface area contributed by atoms with E-state index in [0.29, 0.717) is 10.6 Å². The van der Waals surface area contributed by atoms with Gasteiger partial charge in [-0.3, -0.25) is 4.79 Å². The van der Waals surface area contributed by atoms with E-state index >= 15 is 0 Å². The molecule has 3 nitrogen and oxygen atoms in total. The molecule has 1 aromatic carbocycles. The number of nitrogens with two attached hydrogens (primary N) is 1. The maximum atomic E-state index is 11.4. The number of aromatic nitrogens is 1. The smallest absolute Gasteiger partial charge is 0.252 e. The maximum Gasteiger partial charge on any atom is 0.252 e. The van der Waals surface area contributed by atoms with Gasteiger partial charge in [0, 0.05) is 22.6 Å². The second-order valence-corrected chi connectivity index (χ2v) is 3.50. The van der Waals surface area contributed by atoms with Crippen LogP contribution in [-0.2, 0) is 6.54 Å². The van der Waals surface area contributed by atoms with Crippen LogP contribution in [0.25, 0.3) is 10.9 Å². The average molecular weight is 209 g/mol. The minimum Gasteiger partial charge on any atom is -0.326 e. The van der Waals surface area contributed by atoms with Gasteiger partial charge in [0.05, 0.1) is 0 Å². The molecule has 14 heavy (non-hydrogen) atoms. The molecule has 0 aliphatic heterocycles. The fourth-order valence-electron chi connectivity index (χ4n) is 1.37. The van der Waals surface area contributed by atoms with Crippen LogP contribution in [0.2, 0.25) is 5.02 Å². The Kier molecular flexibility index (Phi) is 2.27. The minimum absolute atomic E-state index is 0.151. The first-order valence-electron chi connectivity index (χ1n) is 4.22. The topological polar surface area (TPSA) is 58.9 Å². The molecule has 0 aliphatic rings. The van der Waals surface area contributed by atoms with Crippen molar-refractivity contribution in [3.8, 4) is 0 Å². The molecule has 1 aromatic heterocycles. The number of benzene rings is 1. The van der Waals surface area contributed by atoms with Gasteiger partial charge >= 0.3 is 0 Å². The summed E-state index contributed by atoms with van der Waals surface area (Å²) in [5.74, 6) is 0. The summed E-state index contributed by atoms with van der Waals surface area (Å²) >= 11 is 5.80. The molecular weight excluding hydrogens is 200 g/mol. The molecule has 0 saturated carbocycles. The van der Waals surface area contributed by atoms with Gasteiger partial charge in [-0.05, 0) is 23.6 Å². The number of hydrogen-bond donors (Lipinski definition) is 2. The molecule has 0 fully saturated rings. The first-order chi connectivity index (χ1) is 6.70. The first-order valence-corrected chi connectivity index (χ1v) is 4.60. The zero-order valence-electron chi connectivity index (χ0n) is 7.38. The van der Waals surface area contributed by atoms with Crippen LogP contribution < -0.4 is 11.3 Å². The Morgan fingerprint density at radius 3 is 2.86 bits per heavy atom. The SMILES string of the molecule is NCc1cc2ccc(Cl)cc2[nH]c1=O. The van der Waals surface area contributed by atoms with Crippen LogP contribution in [0.4, 0.5) is 0 Å². The van der Waals surface area contributed by atoms with Gasteiger partial charge in [0.2, 0.25) is 0 Å². The molecule has 0 spiro atoms. The number of halogens is 1. The maximum absolute atomic E-state index is 11.4. The molecule has 0 saturated heterocycles. The van der Waals surface area contributed by atoms with Crippen molar-refractivity contribution < 1.29 is 0 Å². The third kappa shape index (κ3) is 1.52. The van der Waals surface area contributed by atoms with Crippen molar-refractivity contribution >= 4 is 22.5 Å². The molecule has 0 atom stereocenters. The number of aromatic amines is 1. The van der Waals surface area contributed by atoms with Crippen LogP contribution in [0.15, 0.2) is 29.1 Å². The molecule has 3 N–H and O–H groups in total. The van der Waals surface area contributed by atoms with Gasteiger partial charge in [-0.1, -0.05) is 17.7 Å². The number of pyridine rings is 1. The Bertz CT molecular complexity index is 533. The Morgan fingerprint density at radius 2 is 2.14 bits per heavy atom. The Morgan fingerprint density at radius 1 is 1.36 bits per heavy atom. The van der Waals surface area contributed by atoms with Gasteiger partial charge in [0.15, 0.2) is 0 Å². The van der Waals surface area contributed by atoms with Crippen LogP contribution in [0.5, 0.6) is 0 Å². The van der Waals surface area contributed by atoms with Gasteiger partial charge < -0.3 is 10.7 Å². The highest BCUT2D eigenvalue weighted by atomic mass is 35.5. The lowest BCUT2D eigenvalue weighted by Gasteiger charge is -2.00. The fourth-order valence-corrected chi connectivity index (χ4v) is 1.54. The van der Waals surface area contributed by atoms with Crippen molar-refractivity contribution in [1.82, 2.24) is 4.98 Å². The van der Waals surface area contributed by atoms with Crippen molar-refractivity contribution in [3.63, 3.8) is 0 Å². The van der Waals surface area contributed by atoms with E-state index in [2.05, 4.69) is 4.98 Å². The zero-order chi connectivity index (χ0) is 10.1. The predicted octanol–water partition coefficient (Wildman–Crippen LogP) is 1.64. The molecule has 2 rings (SSSR count). The highest BCUT2D eigenvalue weighted by molar-refractivity contribution is 6.31. The Hall–Kier alpha value is -1.32. The first kappa shape index (κ1) is 9.24. The lowest BCUT2D eigenvalue weighted by atomic mass is 10.1. The van der Waals surface area contributed by atoms with E-state index in [-0.39, 0.29) is 12.1 Å².